The Labute approximate surface area is 236 Å². The van der Waals surface area contributed by atoms with E-state index in [9.17, 15) is 9.59 Å². The molecule has 6 rings (SSSR count). The van der Waals surface area contributed by atoms with Crippen molar-refractivity contribution >= 4 is 34.2 Å². The maximum absolute atomic E-state index is 13.7. The van der Waals surface area contributed by atoms with Gasteiger partial charge < -0.3 is 33.5 Å². The average Bonchev–Trinajstić information content (AvgIpc) is 3.67. The van der Waals surface area contributed by atoms with E-state index in [1.807, 2.05) is 48.5 Å². The SMILES string of the molecule is COc1ccc(-c2cc(C(=O)Nc3c(C(=O)N4CCN(c5ccccc5OC)CC4)oc4ccccc34)no2)cc1. The second-order valence-corrected chi connectivity index (χ2v) is 9.51. The molecule has 2 amide bonds. The van der Waals surface area contributed by atoms with Crippen LogP contribution in [-0.2, 0) is 0 Å². The Balaban J connectivity index is 1.22. The Morgan fingerprint density at radius 1 is 0.878 bits per heavy atom. The van der Waals surface area contributed by atoms with Crippen LogP contribution in [0.25, 0.3) is 22.3 Å². The van der Waals surface area contributed by atoms with Crippen LogP contribution in [0.4, 0.5) is 11.4 Å². The van der Waals surface area contributed by atoms with E-state index in [1.54, 1.807) is 49.5 Å². The number of carbonyl (C=O) groups is 2. The third kappa shape index (κ3) is 5.07. The number of rotatable bonds is 7. The van der Waals surface area contributed by atoms with Crippen LogP contribution < -0.4 is 19.7 Å². The largest absolute Gasteiger partial charge is 0.497 e. The van der Waals surface area contributed by atoms with Gasteiger partial charge in [0.1, 0.15) is 22.8 Å². The number of methoxy groups -OCH3 is 2. The van der Waals surface area contributed by atoms with Gasteiger partial charge in [0.2, 0.25) is 5.76 Å². The molecule has 1 saturated heterocycles. The highest BCUT2D eigenvalue weighted by molar-refractivity contribution is 6.14. The number of nitrogens with zero attached hydrogens (tertiary/aromatic N) is 3. The molecule has 0 bridgehead atoms. The van der Waals surface area contributed by atoms with Gasteiger partial charge in [-0.15, -0.1) is 0 Å². The monoisotopic (exact) mass is 552 g/mol. The van der Waals surface area contributed by atoms with Crippen molar-refractivity contribution < 1.29 is 28.0 Å². The van der Waals surface area contributed by atoms with Gasteiger partial charge in [-0.2, -0.15) is 0 Å². The zero-order valence-corrected chi connectivity index (χ0v) is 22.6. The number of benzene rings is 3. The molecule has 0 saturated carbocycles. The Bertz CT molecular complexity index is 1700. The minimum atomic E-state index is -0.518. The standard InChI is InChI=1S/C31H28N4O6/c1-38-21-13-11-20(12-14-21)27-19-23(33-41-27)30(36)32-28-22-7-3-5-9-25(22)40-29(28)31(37)35-17-15-34(16-18-35)24-8-4-6-10-26(24)39-2/h3-14,19H,15-18H2,1-2H3,(H,32,36). The molecule has 0 unspecified atom stereocenters. The number of piperazine rings is 1. The van der Waals surface area contributed by atoms with Gasteiger partial charge in [0.15, 0.2) is 11.5 Å². The fourth-order valence-electron chi connectivity index (χ4n) is 4.96. The number of amides is 2. The summed E-state index contributed by atoms with van der Waals surface area (Å²) in [6.07, 6.45) is 0. The van der Waals surface area contributed by atoms with Crippen molar-refractivity contribution in [2.45, 2.75) is 0 Å². The van der Waals surface area contributed by atoms with Gasteiger partial charge in [-0.1, -0.05) is 29.4 Å². The second-order valence-electron chi connectivity index (χ2n) is 9.51. The summed E-state index contributed by atoms with van der Waals surface area (Å²) in [6, 6.07) is 23.8. The fourth-order valence-corrected chi connectivity index (χ4v) is 4.96. The van der Waals surface area contributed by atoms with Crippen LogP contribution in [0.1, 0.15) is 21.0 Å². The van der Waals surface area contributed by atoms with Gasteiger partial charge in [-0.3, -0.25) is 9.59 Å². The molecule has 41 heavy (non-hydrogen) atoms. The zero-order chi connectivity index (χ0) is 28.3. The lowest BCUT2D eigenvalue weighted by atomic mass is 10.1. The van der Waals surface area contributed by atoms with Crippen molar-refractivity contribution in [3.63, 3.8) is 0 Å². The number of hydrogen-bond acceptors (Lipinski definition) is 8. The lowest BCUT2D eigenvalue weighted by Gasteiger charge is -2.36. The van der Waals surface area contributed by atoms with Gasteiger partial charge in [0, 0.05) is 43.2 Å². The summed E-state index contributed by atoms with van der Waals surface area (Å²) in [6.45, 7) is 2.22. The van der Waals surface area contributed by atoms with E-state index in [2.05, 4.69) is 15.4 Å². The lowest BCUT2D eigenvalue weighted by Crippen LogP contribution is -2.49. The predicted molar refractivity (Wildman–Crippen MR) is 154 cm³/mol. The van der Waals surface area contributed by atoms with E-state index in [1.165, 1.54) is 0 Å². The van der Waals surface area contributed by atoms with Crippen molar-refractivity contribution in [3.8, 4) is 22.8 Å². The summed E-state index contributed by atoms with van der Waals surface area (Å²) < 4.78 is 22.1. The van der Waals surface area contributed by atoms with E-state index in [0.717, 1.165) is 17.0 Å². The number of hydrogen-bond donors (Lipinski definition) is 1. The lowest BCUT2D eigenvalue weighted by molar-refractivity contribution is 0.0718. The first kappa shape index (κ1) is 26.0. The first-order valence-corrected chi connectivity index (χ1v) is 13.2. The Morgan fingerprint density at radius 3 is 2.37 bits per heavy atom. The Hall–Kier alpha value is -5.25. The number of carbonyl (C=O) groups excluding carboxylic acids is 2. The molecule has 1 aliphatic rings. The van der Waals surface area contributed by atoms with Crippen molar-refractivity contribution in [3.05, 3.63) is 90.3 Å². The highest BCUT2D eigenvalue weighted by Crippen LogP contribution is 2.34. The molecule has 0 spiro atoms. The van der Waals surface area contributed by atoms with E-state index in [-0.39, 0.29) is 17.4 Å². The maximum Gasteiger partial charge on any atom is 0.291 e. The summed E-state index contributed by atoms with van der Waals surface area (Å²) in [5.41, 5.74) is 2.61. The van der Waals surface area contributed by atoms with Gasteiger partial charge in [-0.25, -0.2) is 0 Å². The maximum atomic E-state index is 13.7. The molecule has 0 atom stereocenters. The van der Waals surface area contributed by atoms with E-state index < -0.39 is 5.91 Å². The average molecular weight is 553 g/mol. The molecule has 3 heterocycles. The molecule has 1 aliphatic heterocycles. The third-order valence-corrected chi connectivity index (χ3v) is 7.14. The van der Waals surface area contributed by atoms with Crippen LogP contribution in [-0.4, -0.2) is 62.3 Å². The molecule has 208 valence electrons. The summed E-state index contributed by atoms with van der Waals surface area (Å²) in [5.74, 6) is 1.18. The molecule has 3 aromatic carbocycles. The summed E-state index contributed by atoms with van der Waals surface area (Å²) in [7, 11) is 3.24. The Morgan fingerprint density at radius 2 is 1.61 bits per heavy atom. The van der Waals surface area contributed by atoms with Crippen LogP contribution in [0.2, 0.25) is 0 Å². The van der Waals surface area contributed by atoms with Crippen LogP contribution in [0.3, 0.4) is 0 Å². The molecule has 10 heteroatoms. The van der Waals surface area contributed by atoms with Gasteiger partial charge in [0.25, 0.3) is 11.8 Å². The number of nitrogens with one attached hydrogen (secondary N) is 1. The number of furan rings is 1. The van der Waals surface area contributed by atoms with Crippen molar-refractivity contribution in [1.29, 1.82) is 0 Å². The van der Waals surface area contributed by atoms with Crippen LogP contribution in [0, 0.1) is 0 Å². The minimum Gasteiger partial charge on any atom is -0.497 e. The van der Waals surface area contributed by atoms with Crippen molar-refractivity contribution in [1.82, 2.24) is 10.1 Å². The van der Waals surface area contributed by atoms with Gasteiger partial charge in [-0.05, 0) is 48.5 Å². The third-order valence-electron chi connectivity index (χ3n) is 7.14. The zero-order valence-electron chi connectivity index (χ0n) is 22.6. The van der Waals surface area contributed by atoms with E-state index >= 15 is 0 Å². The number of anilines is 2. The van der Waals surface area contributed by atoms with E-state index in [4.69, 9.17) is 18.4 Å². The predicted octanol–water partition coefficient (Wildman–Crippen LogP) is 5.32. The Kier molecular flexibility index (Phi) is 7.03. The van der Waals surface area contributed by atoms with Crippen molar-refractivity contribution in [2.75, 3.05) is 50.6 Å². The molecule has 5 aromatic rings. The number of fused-ring (bicyclic) bond motifs is 1. The molecule has 1 N–H and O–H groups in total. The van der Waals surface area contributed by atoms with Crippen LogP contribution >= 0.6 is 0 Å². The van der Waals surface area contributed by atoms with E-state index in [0.29, 0.717) is 54.3 Å². The number of ether oxygens (including phenoxy) is 2. The first-order valence-electron chi connectivity index (χ1n) is 13.2. The van der Waals surface area contributed by atoms with Crippen LogP contribution in [0.15, 0.2) is 87.8 Å². The number of aromatic nitrogens is 1. The highest BCUT2D eigenvalue weighted by atomic mass is 16.5. The van der Waals surface area contributed by atoms with Crippen LogP contribution in [0.5, 0.6) is 11.5 Å². The summed E-state index contributed by atoms with van der Waals surface area (Å²) in [5, 5.41) is 7.43. The highest BCUT2D eigenvalue weighted by Gasteiger charge is 2.30. The van der Waals surface area contributed by atoms with Gasteiger partial charge >= 0.3 is 0 Å². The quantitative estimate of drug-likeness (QED) is 0.289. The molecule has 1 fully saturated rings. The molecule has 2 aromatic heterocycles. The minimum absolute atomic E-state index is 0.0733. The van der Waals surface area contributed by atoms with Gasteiger partial charge in [0.05, 0.1) is 19.9 Å². The topological polar surface area (TPSA) is 110 Å². The number of para-hydroxylation sites is 3. The molecule has 0 aliphatic carbocycles. The molecular weight excluding hydrogens is 524 g/mol. The smallest absolute Gasteiger partial charge is 0.291 e. The first-order chi connectivity index (χ1) is 20.1. The summed E-state index contributed by atoms with van der Waals surface area (Å²) >= 11 is 0. The molecule has 10 nitrogen and oxygen atoms in total. The molecule has 0 radical (unpaired) electrons. The molecular formula is C31H28N4O6. The summed E-state index contributed by atoms with van der Waals surface area (Å²) in [4.78, 5) is 30.9. The second kappa shape index (κ2) is 11.1. The normalized spacial score (nSPS) is 13.3. The fraction of sp³-hybridized carbons (Fsp3) is 0.194. The van der Waals surface area contributed by atoms with Crippen molar-refractivity contribution in [2.24, 2.45) is 0 Å².